The van der Waals surface area contributed by atoms with Gasteiger partial charge in [0.1, 0.15) is 69.3 Å². The Hall–Kier alpha value is -9.30. The van der Waals surface area contributed by atoms with Crippen molar-refractivity contribution in [3.8, 4) is 33.9 Å². The molecule has 3 aliphatic heterocycles. The molecule has 1 aliphatic carbocycles. The van der Waals surface area contributed by atoms with Crippen LogP contribution in [0.15, 0.2) is 101 Å². The van der Waals surface area contributed by atoms with Crippen molar-refractivity contribution in [2.45, 2.75) is 87.6 Å². The Kier molecular flexibility index (Phi) is 24.5. The molecule has 0 bridgehead atoms. The number of fused-ring (bicyclic) bond motifs is 3. The molecule has 4 atom stereocenters. The zero-order valence-corrected chi connectivity index (χ0v) is 53.0. The molecule has 26 heteroatoms. The van der Waals surface area contributed by atoms with Crippen molar-refractivity contribution in [1.82, 2.24) is 36.5 Å². The fourth-order valence-electron chi connectivity index (χ4n) is 10.8. The summed E-state index contributed by atoms with van der Waals surface area (Å²) in [6.45, 7) is 0.396. The van der Waals surface area contributed by atoms with E-state index in [1.165, 1.54) is 6.07 Å². The number of hydrogen-bond acceptors (Lipinski definition) is 15. The van der Waals surface area contributed by atoms with Crippen LogP contribution in [-0.2, 0) is 19.2 Å². The van der Waals surface area contributed by atoms with Crippen LogP contribution >= 0.6 is 24.0 Å². The summed E-state index contributed by atoms with van der Waals surface area (Å²) in [6, 6.07) is 27.4. The standard InChI is InChI=1S/C65H79N11O13S2/c1-75(2)41-21-24-44-52(34-41)89-53-35-42(76(3)4)22-25-45(53)59(44)43-23-19-39(32-46(43)63(84)85)61(82)67-28-11-5-12-29-68-62(83)49(15-10-13-27-66-56(77)18-9-8-17-55-60-50(38-91-55)72-64(86)74-60)73-65(90)71-40-20-26-48(70-37-58(80)81)54(33-40)88-31-30-87-51-16-7-6-14-47(51)69-36-57(78)79/h6-7,14,16,19-26,32-35,49-50,55,60,67,69H,5,8-13,15,17-18,27-31,36-38H2,1-4H3,(H9,66,68,72,73,74,77,78,79,80,81,82,83,84,85,86,90)/p+1. The number of anilines is 4. The van der Waals surface area contributed by atoms with Crippen LogP contribution in [0.2, 0.25) is 0 Å². The Bertz CT molecular complexity index is 3650. The number of carboxylic acids is 3. The van der Waals surface area contributed by atoms with Crippen LogP contribution in [0.4, 0.5) is 27.5 Å². The van der Waals surface area contributed by atoms with Gasteiger partial charge in [-0.1, -0.05) is 24.6 Å². The number of carbonyl (C=O) groups is 7. The minimum atomic E-state index is -1.19. The highest BCUT2D eigenvalue weighted by Gasteiger charge is 2.42. The molecular formula is C65H80N11O13S2+. The molecule has 0 saturated carbocycles. The number of hydrogen-bond donors (Lipinski definition) is 12. The van der Waals surface area contributed by atoms with E-state index in [9.17, 15) is 43.8 Å². The topological polar surface area (TPSA) is 326 Å². The second-order valence-corrected chi connectivity index (χ2v) is 24.2. The Morgan fingerprint density at radius 2 is 1.45 bits per heavy atom. The predicted molar refractivity (Wildman–Crippen MR) is 356 cm³/mol. The van der Waals surface area contributed by atoms with Crippen LogP contribution in [0.3, 0.4) is 0 Å². The highest BCUT2D eigenvalue weighted by Crippen LogP contribution is 2.42. The molecule has 2 fully saturated rings. The Balaban J connectivity index is 0.846. The normalized spacial score (nSPS) is 15.1. The lowest BCUT2D eigenvalue weighted by molar-refractivity contribution is -0.135. The number of thiocarbonyl (C=S) groups is 1. The number of nitrogens with zero attached hydrogens (tertiary/aromatic N) is 2. The molecule has 24 nitrogen and oxygen atoms in total. The highest BCUT2D eigenvalue weighted by atomic mass is 32.2. The number of ether oxygens (including phenoxy) is 2. The van der Waals surface area contributed by atoms with Crippen LogP contribution in [-0.4, -0.2) is 165 Å². The van der Waals surface area contributed by atoms with Gasteiger partial charge in [0.25, 0.3) is 5.91 Å². The summed E-state index contributed by atoms with van der Waals surface area (Å²) in [5.74, 6) is -1.96. The fraction of sp³-hybridized carbons (Fsp3) is 0.400. The number of thioether (sulfide) groups is 1. The summed E-state index contributed by atoms with van der Waals surface area (Å²) in [5, 5.41) is 58.0. The van der Waals surface area contributed by atoms with E-state index in [0.717, 1.165) is 47.0 Å². The molecule has 8 rings (SSSR count). The molecular weight excluding hydrogens is 1210 g/mol. The van der Waals surface area contributed by atoms with Crippen molar-refractivity contribution < 1.29 is 62.8 Å². The lowest BCUT2D eigenvalue weighted by Gasteiger charge is -2.21. The lowest BCUT2D eigenvalue weighted by Crippen LogP contribution is -2.48. The van der Waals surface area contributed by atoms with Crippen LogP contribution < -0.4 is 72.2 Å². The quantitative estimate of drug-likeness (QED) is 0.00647. The molecule has 4 aliphatic rings. The minimum Gasteiger partial charge on any atom is -0.488 e. The number of urea groups is 1. The number of rotatable bonds is 34. The number of nitrogens with one attached hydrogen (secondary N) is 9. The monoisotopic (exact) mass is 1290 g/mol. The molecule has 0 radical (unpaired) electrons. The van der Waals surface area contributed by atoms with Gasteiger partial charge >= 0.3 is 23.9 Å². The smallest absolute Gasteiger partial charge is 0.336 e. The first kappa shape index (κ1) is 67.6. The van der Waals surface area contributed by atoms with Gasteiger partial charge in [0.05, 0.1) is 35.1 Å². The van der Waals surface area contributed by atoms with E-state index >= 15 is 0 Å². The number of carbonyl (C=O) groups excluding carboxylic acids is 4. The van der Waals surface area contributed by atoms with Gasteiger partial charge in [-0.05, 0) is 124 Å². The first-order valence-electron chi connectivity index (χ1n) is 30.4. The number of unbranched alkanes of at least 4 members (excludes halogenated alkanes) is 4. The molecule has 2 saturated heterocycles. The summed E-state index contributed by atoms with van der Waals surface area (Å²) in [7, 11) is 7.72. The SMILES string of the molecule is CN(C)c1ccc2c(-c3ccc(C(=O)NCCCCCNC(=O)C(CCCCNC(=O)CCCCC4SCC5NC(=O)NC54)NC(=S)Nc4ccc(NCC(=O)O)c(OCCOc5ccccc5NCC(=O)O)c4)cc3C(=O)O)c3ccc(=[N+](C)C)cc-3oc2c1. The van der Waals surface area contributed by atoms with Crippen molar-refractivity contribution in [1.29, 1.82) is 0 Å². The number of carboxylic acid groups (broad SMARTS) is 3. The second-order valence-electron chi connectivity index (χ2n) is 22.6. The maximum Gasteiger partial charge on any atom is 0.336 e. The third-order valence-corrected chi connectivity index (χ3v) is 17.2. The van der Waals surface area contributed by atoms with Crippen molar-refractivity contribution >= 4 is 104 Å². The molecule has 484 valence electrons. The lowest BCUT2D eigenvalue weighted by atomic mass is 9.89. The van der Waals surface area contributed by atoms with Gasteiger partial charge in [-0.25, -0.2) is 14.2 Å². The van der Waals surface area contributed by atoms with E-state index in [2.05, 4.69) is 47.9 Å². The minimum absolute atomic E-state index is 0.0174. The number of para-hydroxylation sites is 2. The zero-order valence-electron chi connectivity index (χ0n) is 51.4. The number of benzene rings is 5. The molecule has 0 aromatic heterocycles. The Labute approximate surface area is 537 Å². The van der Waals surface area contributed by atoms with Gasteiger partial charge in [0.2, 0.25) is 17.2 Å². The van der Waals surface area contributed by atoms with E-state index in [1.807, 2.05) is 85.8 Å². The first-order chi connectivity index (χ1) is 43.8. The third-order valence-electron chi connectivity index (χ3n) is 15.5. The van der Waals surface area contributed by atoms with Gasteiger partial charge in [0.15, 0.2) is 5.11 Å². The van der Waals surface area contributed by atoms with Gasteiger partial charge in [-0.2, -0.15) is 11.8 Å². The second kappa shape index (κ2) is 33.0. The maximum absolute atomic E-state index is 13.9. The first-order valence-corrected chi connectivity index (χ1v) is 31.8. The van der Waals surface area contributed by atoms with Gasteiger partial charge in [-0.15, -0.1) is 0 Å². The molecule has 3 heterocycles. The van der Waals surface area contributed by atoms with Crippen LogP contribution in [0.1, 0.15) is 84.9 Å². The number of amides is 5. The average Bonchev–Trinajstić information content (AvgIpc) is 1.36. The van der Waals surface area contributed by atoms with Crippen LogP contribution in [0.5, 0.6) is 11.5 Å². The van der Waals surface area contributed by atoms with Gasteiger partial charge in [-0.3, -0.25) is 24.0 Å². The third kappa shape index (κ3) is 19.4. The number of aromatic carboxylic acids is 1. The largest absolute Gasteiger partial charge is 0.488 e. The predicted octanol–water partition coefficient (Wildman–Crippen LogP) is 6.84. The molecule has 4 unspecified atom stereocenters. The van der Waals surface area contributed by atoms with Crippen LogP contribution in [0.25, 0.3) is 33.4 Å². The Morgan fingerprint density at radius 3 is 2.19 bits per heavy atom. The van der Waals surface area contributed by atoms with E-state index < -0.39 is 36.4 Å². The Morgan fingerprint density at radius 1 is 0.747 bits per heavy atom. The van der Waals surface area contributed by atoms with Gasteiger partial charge < -0.3 is 82.0 Å². The van der Waals surface area contributed by atoms with Crippen LogP contribution in [0, 0.1) is 0 Å². The van der Waals surface area contributed by atoms with Crippen molar-refractivity contribution in [3.63, 3.8) is 0 Å². The molecule has 0 spiro atoms. The number of aliphatic carboxylic acids is 2. The molecule has 5 amide bonds. The summed E-state index contributed by atoms with van der Waals surface area (Å²) < 4.78 is 20.3. The summed E-state index contributed by atoms with van der Waals surface area (Å²) in [6.07, 6.45) is 6.19. The van der Waals surface area contributed by atoms with Crippen molar-refractivity contribution in [3.05, 3.63) is 114 Å². The molecule has 12 N–H and O–H groups in total. The van der Waals surface area contributed by atoms with E-state index in [0.29, 0.717) is 115 Å². The maximum atomic E-state index is 13.9. The fourth-order valence-corrected chi connectivity index (χ4v) is 12.6. The summed E-state index contributed by atoms with van der Waals surface area (Å²) >= 11 is 7.59. The van der Waals surface area contributed by atoms with E-state index in [-0.39, 0.29) is 71.7 Å². The highest BCUT2D eigenvalue weighted by molar-refractivity contribution is 8.00. The van der Waals surface area contributed by atoms with Crippen molar-refractivity contribution in [2.75, 3.05) is 101 Å². The zero-order chi connectivity index (χ0) is 65.0. The van der Waals surface area contributed by atoms with E-state index in [1.54, 1.807) is 54.6 Å². The van der Waals surface area contributed by atoms with E-state index in [4.69, 9.17) is 31.2 Å². The summed E-state index contributed by atoms with van der Waals surface area (Å²) in [4.78, 5) is 89.7. The van der Waals surface area contributed by atoms with Gasteiger partial charge in [0, 0.05) is 103 Å². The summed E-state index contributed by atoms with van der Waals surface area (Å²) in [5.41, 5.74) is 4.80. The molecule has 91 heavy (non-hydrogen) atoms. The molecule has 4 aromatic rings. The average molecular weight is 1290 g/mol. The van der Waals surface area contributed by atoms with Crippen molar-refractivity contribution in [2.24, 2.45) is 0 Å². The molecule has 4 aromatic carbocycles.